The normalized spacial score (nSPS) is 15.1. The number of aromatic nitrogens is 1. The van der Waals surface area contributed by atoms with Crippen LogP contribution < -0.4 is 5.73 Å². The standard InChI is InChI=1S/C11H18N2O/c1-3-9(12)11(14-4-2)10-7-5-6-8-13-10/h5-9,11H,3-4,12H2,1-2H3. The van der Waals surface area contributed by atoms with Crippen LogP contribution in [0.2, 0.25) is 0 Å². The highest BCUT2D eigenvalue weighted by atomic mass is 16.5. The second-order valence-electron chi connectivity index (χ2n) is 3.20. The minimum absolute atomic E-state index is 0.0184. The van der Waals surface area contributed by atoms with E-state index in [0.717, 1.165) is 12.1 Å². The SMILES string of the molecule is CCOC(c1ccccn1)C(N)CC. The van der Waals surface area contributed by atoms with E-state index in [1.165, 1.54) is 0 Å². The van der Waals surface area contributed by atoms with E-state index < -0.39 is 0 Å². The topological polar surface area (TPSA) is 48.1 Å². The molecule has 0 bridgehead atoms. The first kappa shape index (κ1) is 11.1. The summed E-state index contributed by atoms with van der Waals surface area (Å²) in [6, 6.07) is 5.82. The zero-order chi connectivity index (χ0) is 10.4. The van der Waals surface area contributed by atoms with Crippen LogP contribution >= 0.6 is 0 Å². The number of nitrogens with zero attached hydrogens (tertiary/aromatic N) is 1. The number of hydrogen-bond acceptors (Lipinski definition) is 3. The van der Waals surface area contributed by atoms with Crippen LogP contribution in [-0.2, 0) is 4.74 Å². The summed E-state index contributed by atoms with van der Waals surface area (Å²) in [4.78, 5) is 4.26. The molecule has 0 fully saturated rings. The molecule has 0 saturated carbocycles. The van der Waals surface area contributed by atoms with Gasteiger partial charge in [0.25, 0.3) is 0 Å². The smallest absolute Gasteiger partial charge is 0.114 e. The Kier molecular flexibility index (Phi) is 4.56. The van der Waals surface area contributed by atoms with Gasteiger partial charge in [-0.3, -0.25) is 4.98 Å². The van der Waals surface area contributed by atoms with Crippen molar-refractivity contribution in [3.63, 3.8) is 0 Å². The molecule has 0 aromatic carbocycles. The molecular formula is C11H18N2O. The maximum absolute atomic E-state index is 5.97. The summed E-state index contributed by atoms with van der Waals surface area (Å²) in [5.41, 5.74) is 6.89. The molecule has 0 aliphatic heterocycles. The Morgan fingerprint density at radius 3 is 2.71 bits per heavy atom. The minimum Gasteiger partial charge on any atom is -0.371 e. The number of rotatable bonds is 5. The summed E-state index contributed by atoms with van der Waals surface area (Å²) in [6.45, 7) is 4.69. The summed E-state index contributed by atoms with van der Waals surface area (Å²) in [5.74, 6) is 0. The molecular weight excluding hydrogens is 176 g/mol. The lowest BCUT2D eigenvalue weighted by Crippen LogP contribution is -2.30. The molecule has 2 N–H and O–H groups in total. The fraction of sp³-hybridized carbons (Fsp3) is 0.545. The second kappa shape index (κ2) is 5.73. The Bertz CT molecular complexity index is 251. The van der Waals surface area contributed by atoms with Gasteiger partial charge in [-0.25, -0.2) is 0 Å². The molecule has 3 nitrogen and oxygen atoms in total. The van der Waals surface area contributed by atoms with Crippen LogP contribution in [0.5, 0.6) is 0 Å². The summed E-state index contributed by atoms with van der Waals surface area (Å²) in [5, 5.41) is 0. The van der Waals surface area contributed by atoms with Crippen molar-refractivity contribution in [3.8, 4) is 0 Å². The third-order valence-corrected chi connectivity index (χ3v) is 2.19. The van der Waals surface area contributed by atoms with Gasteiger partial charge >= 0.3 is 0 Å². The average Bonchev–Trinajstić information content (AvgIpc) is 2.26. The number of nitrogens with two attached hydrogens (primary N) is 1. The van der Waals surface area contributed by atoms with E-state index in [2.05, 4.69) is 11.9 Å². The lowest BCUT2D eigenvalue weighted by molar-refractivity contribution is 0.0394. The van der Waals surface area contributed by atoms with E-state index in [0.29, 0.717) is 6.61 Å². The molecule has 0 radical (unpaired) electrons. The van der Waals surface area contributed by atoms with Crippen molar-refractivity contribution >= 4 is 0 Å². The number of hydrogen-bond donors (Lipinski definition) is 1. The van der Waals surface area contributed by atoms with Gasteiger partial charge in [-0.2, -0.15) is 0 Å². The van der Waals surface area contributed by atoms with E-state index in [4.69, 9.17) is 10.5 Å². The molecule has 78 valence electrons. The molecule has 1 heterocycles. The fourth-order valence-electron chi connectivity index (χ4n) is 1.37. The summed E-state index contributed by atoms with van der Waals surface area (Å²) in [7, 11) is 0. The Labute approximate surface area is 85.3 Å². The zero-order valence-corrected chi connectivity index (χ0v) is 8.81. The molecule has 2 unspecified atom stereocenters. The first-order chi connectivity index (χ1) is 6.79. The molecule has 0 aliphatic carbocycles. The quantitative estimate of drug-likeness (QED) is 0.778. The lowest BCUT2D eigenvalue weighted by atomic mass is 10.1. The van der Waals surface area contributed by atoms with E-state index in [1.807, 2.05) is 25.1 Å². The summed E-state index contributed by atoms with van der Waals surface area (Å²) >= 11 is 0. The van der Waals surface area contributed by atoms with Crippen molar-refractivity contribution in [2.75, 3.05) is 6.61 Å². The lowest BCUT2D eigenvalue weighted by Gasteiger charge is -2.21. The molecule has 0 saturated heterocycles. The van der Waals surface area contributed by atoms with Crippen molar-refractivity contribution in [2.45, 2.75) is 32.4 Å². The van der Waals surface area contributed by atoms with E-state index in [-0.39, 0.29) is 12.1 Å². The van der Waals surface area contributed by atoms with Crippen molar-refractivity contribution in [1.82, 2.24) is 4.98 Å². The zero-order valence-electron chi connectivity index (χ0n) is 8.81. The molecule has 0 aliphatic rings. The highest BCUT2D eigenvalue weighted by Crippen LogP contribution is 2.19. The van der Waals surface area contributed by atoms with Gasteiger partial charge < -0.3 is 10.5 Å². The molecule has 1 rings (SSSR count). The van der Waals surface area contributed by atoms with Crippen molar-refractivity contribution in [1.29, 1.82) is 0 Å². The molecule has 1 aromatic rings. The number of pyridine rings is 1. The predicted molar refractivity (Wildman–Crippen MR) is 56.9 cm³/mol. The first-order valence-electron chi connectivity index (χ1n) is 5.07. The Morgan fingerprint density at radius 1 is 1.43 bits per heavy atom. The highest BCUT2D eigenvalue weighted by Gasteiger charge is 2.19. The molecule has 2 atom stereocenters. The highest BCUT2D eigenvalue weighted by molar-refractivity contribution is 5.09. The maximum atomic E-state index is 5.97. The predicted octanol–water partition coefficient (Wildman–Crippen LogP) is 1.90. The Hall–Kier alpha value is -0.930. The molecule has 0 amide bonds. The average molecular weight is 194 g/mol. The van der Waals surface area contributed by atoms with Gasteiger partial charge in [0, 0.05) is 18.8 Å². The summed E-state index contributed by atoms with van der Waals surface area (Å²) < 4.78 is 5.59. The molecule has 14 heavy (non-hydrogen) atoms. The van der Waals surface area contributed by atoms with Crippen LogP contribution in [0.1, 0.15) is 32.1 Å². The van der Waals surface area contributed by atoms with Crippen LogP contribution in [0.3, 0.4) is 0 Å². The van der Waals surface area contributed by atoms with Crippen LogP contribution in [0.15, 0.2) is 24.4 Å². The third kappa shape index (κ3) is 2.79. The van der Waals surface area contributed by atoms with Gasteiger partial charge in [-0.05, 0) is 25.5 Å². The largest absolute Gasteiger partial charge is 0.371 e. The monoisotopic (exact) mass is 194 g/mol. The molecule has 1 aromatic heterocycles. The minimum atomic E-state index is -0.0776. The maximum Gasteiger partial charge on any atom is 0.114 e. The van der Waals surface area contributed by atoms with Gasteiger partial charge in [0.15, 0.2) is 0 Å². The van der Waals surface area contributed by atoms with Gasteiger partial charge in [0.2, 0.25) is 0 Å². The molecule has 3 heteroatoms. The molecule has 0 spiro atoms. The first-order valence-corrected chi connectivity index (χ1v) is 5.07. The van der Waals surface area contributed by atoms with Gasteiger partial charge in [0.1, 0.15) is 6.10 Å². The van der Waals surface area contributed by atoms with Crippen LogP contribution in [0.25, 0.3) is 0 Å². The van der Waals surface area contributed by atoms with Crippen molar-refractivity contribution < 1.29 is 4.74 Å². The Morgan fingerprint density at radius 2 is 2.21 bits per heavy atom. The van der Waals surface area contributed by atoms with Crippen molar-refractivity contribution in [3.05, 3.63) is 30.1 Å². The van der Waals surface area contributed by atoms with Crippen LogP contribution in [0.4, 0.5) is 0 Å². The van der Waals surface area contributed by atoms with Crippen LogP contribution in [0, 0.1) is 0 Å². The van der Waals surface area contributed by atoms with Gasteiger partial charge in [0.05, 0.1) is 5.69 Å². The fourth-order valence-corrected chi connectivity index (χ4v) is 1.37. The second-order valence-corrected chi connectivity index (χ2v) is 3.20. The van der Waals surface area contributed by atoms with E-state index in [9.17, 15) is 0 Å². The van der Waals surface area contributed by atoms with Gasteiger partial charge in [-0.15, -0.1) is 0 Å². The van der Waals surface area contributed by atoms with Gasteiger partial charge in [-0.1, -0.05) is 13.0 Å². The van der Waals surface area contributed by atoms with Crippen molar-refractivity contribution in [2.24, 2.45) is 5.73 Å². The van der Waals surface area contributed by atoms with Crippen LogP contribution in [-0.4, -0.2) is 17.6 Å². The van der Waals surface area contributed by atoms with E-state index in [1.54, 1.807) is 6.20 Å². The Balaban J connectivity index is 2.77. The van der Waals surface area contributed by atoms with E-state index >= 15 is 0 Å². The third-order valence-electron chi connectivity index (χ3n) is 2.19. The summed E-state index contributed by atoms with van der Waals surface area (Å²) in [6.07, 6.45) is 2.58. The number of ether oxygens (including phenoxy) is 1.